The lowest BCUT2D eigenvalue weighted by Gasteiger charge is -2.56. The summed E-state index contributed by atoms with van der Waals surface area (Å²) in [5.41, 5.74) is 1.17. The second-order valence-electron chi connectivity index (χ2n) is 10.2. The SMILES string of the molecule is C=CCn1c(CC23CC4CC(CC(C4)C2)C3)nnc1SCC(=O)Nc1ccc(OCC)cc1. The standard InChI is InChI=1S/C26H34N4O2S/c1-3-9-30-23(16-26-13-18-10-19(14-26)12-20(11-18)15-26)28-29-25(30)33-17-24(31)27-21-5-7-22(8-6-21)32-4-2/h3,5-8,18-20H,1,4,9-17H2,2H3,(H,27,31). The normalized spacial score (nSPS) is 27.5. The van der Waals surface area contributed by atoms with E-state index in [1.165, 1.54) is 50.3 Å². The highest BCUT2D eigenvalue weighted by molar-refractivity contribution is 7.99. The minimum Gasteiger partial charge on any atom is -0.494 e. The molecule has 4 saturated carbocycles. The fourth-order valence-corrected chi connectivity index (χ4v) is 7.61. The molecule has 4 aliphatic rings. The number of nitrogens with one attached hydrogen (secondary N) is 1. The summed E-state index contributed by atoms with van der Waals surface area (Å²) >= 11 is 1.44. The van der Waals surface area contributed by atoms with Crippen LogP contribution in [-0.4, -0.2) is 33.0 Å². The third-order valence-electron chi connectivity index (χ3n) is 7.58. The Labute approximate surface area is 200 Å². The Balaban J connectivity index is 1.22. The zero-order chi connectivity index (χ0) is 22.8. The van der Waals surface area contributed by atoms with Gasteiger partial charge < -0.3 is 14.6 Å². The number of aromatic nitrogens is 3. The molecule has 1 heterocycles. The third kappa shape index (κ3) is 4.98. The van der Waals surface area contributed by atoms with Gasteiger partial charge in [-0.05, 0) is 92.9 Å². The van der Waals surface area contributed by atoms with Crippen molar-refractivity contribution in [3.05, 3.63) is 42.7 Å². The highest BCUT2D eigenvalue weighted by Gasteiger charge is 2.51. The largest absolute Gasteiger partial charge is 0.494 e. The first kappa shape index (κ1) is 22.5. The van der Waals surface area contributed by atoms with Gasteiger partial charge in [0.05, 0.1) is 12.4 Å². The molecule has 4 aliphatic carbocycles. The molecule has 1 aromatic carbocycles. The van der Waals surface area contributed by atoms with Gasteiger partial charge in [0.15, 0.2) is 5.16 Å². The van der Waals surface area contributed by atoms with E-state index in [1.54, 1.807) is 0 Å². The summed E-state index contributed by atoms with van der Waals surface area (Å²) in [6.45, 7) is 7.19. The van der Waals surface area contributed by atoms with Gasteiger partial charge in [0.25, 0.3) is 0 Å². The van der Waals surface area contributed by atoms with Gasteiger partial charge in [0.1, 0.15) is 11.6 Å². The van der Waals surface area contributed by atoms with Crippen LogP contribution in [0.1, 0.15) is 51.3 Å². The van der Waals surface area contributed by atoms with Gasteiger partial charge in [0, 0.05) is 18.7 Å². The van der Waals surface area contributed by atoms with Crippen molar-refractivity contribution in [1.82, 2.24) is 14.8 Å². The van der Waals surface area contributed by atoms with Crippen LogP contribution in [0.15, 0.2) is 42.1 Å². The first-order chi connectivity index (χ1) is 16.1. The maximum atomic E-state index is 12.5. The number of ether oxygens (including phenoxy) is 1. The minimum absolute atomic E-state index is 0.0556. The number of amides is 1. The van der Waals surface area contributed by atoms with Crippen molar-refractivity contribution in [2.45, 2.75) is 63.6 Å². The Morgan fingerprint density at radius 3 is 2.45 bits per heavy atom. The highest BCUT2D eigenvalue weighted by atomic mass is 32.2. The van der Waals surface area contributed by atoms with Crippen LogP contribution in [0.25, 0.3) is 0 Å². The van der Waals surface area contributed by atoms with Gasteiger partial charge in [-0.1, -0.05) is 17.8 Å². The van der Waals surface area contributed by atoms with Gasteiger partial charge in [0.2, 0.25) is 5.91 Å². The highest BCUT2D eigenvalue weighted by Crippen LogP contribution is 2.61. The van der Waals surface area contributed by atoms with E-state index < -0.39 is 0 Å². The van der Waals surface area contributed by atoms with Crippen molar-refractivity contribution in [3.8, 4) is 5.75 Å². The minimum atomic E-state index is -0.0556. The van der Waals surface area contributed by atoms with Gasteiger partial charge in [-0.3, -0.25) is 4.79 Å². The maximum absolute atomic E-state index is 12.5. The van der Waals surface area contributed by atoms with Crippen LogP contribution in [0.3, 0.4) is 0 Å². The molecular weight excluding hydrogens is 432 g/mol. The van der Waals surface area contributed by atoms with Gasteiger partial charge in [-0.15, -0.1) is 16.8 Å². The molecule has 6 rings (SSSR count). The average Bonchev–Trinajstić information content (AvgIpc) is 3.14. The fourth-order valence-electron chi connectivity index (χ4n) is 6.84. The summed E-state index contributed by atoms with van der Waals surface area (Å²) in [6, 6.07) is 7.45. The molecule has 4 bridgehead atoms. The van der Waals surface area contributed by atoms with E-state index in [0.29, 0.717) is 24.3 Å². The predicted molar refractivity (Wildman–Crippen MR) is 131 cm³/mol. The number of carbonyl (C=O) groups is 1. The zero-order valence-electron chi connectivity index (χ0n) is 19.5. The summed E-state index contributed by atoms with van der Waals surface area (Å²) in [7, 11) is 0. The van der Waals surface area contributed by atoms with Crippen LogP contribution in [0, 0.1) is 23.2 Å². The smallest absolute Gasteiger partial charge is 0.234 e. The van der Waals surface area contributed by atoms with Crippen molar-refractivity contribution in [3.63, 3.8) is 0 Å². The Bertz CT molecular complexity index is 965. The van der Waals surface area contributed by atoms with Crippen molar-refractivity contribution in [2.75, 3.05) is 17.7 Å². The van der Waals surface area contributed by atoms with Gasteiger partial charge >= 0.3 is 0 Å². The Morgan fingerprint density at radius 1 is 1.18 bits per heavy atom. The fraction of sp³-hybridized carbons (Fsp3) is 0.577. The third-order valence-corrected chi connectivity index (χ3v) is 8.55. The zero-order valence-corrected chi connectivity index (χ0v) is 20.3. The Morgan fingerprint density at radius 2 is 1.85 bits per heavy atom. The van der Waals surface area contributed by atoms with Crippen LogP contribution in [0.2, 0.25) is 0 Å². The van der Waals surface area contributed by atoms with Crippen molar-refractivity contribution < 1.29 is 9.53 Å². The molecule has 1 aromatic heterocycles. The van der Waals surface area contributed by atoms with Gasteiger partial charge in [-0.2, -0.15) is 0 Å². The maximum Gasteiger partial charge on any atom is 0.234 e. The molecule has 0 aliphatic heterocycles. The Hall–Kier alpha value is -2.28. The summed E-state index contributed by atoms with van der Waals surface area (Å²) in [5, 5.41) is 12.8. The molecule has 0 saturated heterocycles. The lowest BCUT2D eigenvalue weighted by Crippen LogP contribution is -2.47. The summed E-state index contributed by atoms with van der Waals surface area (Å²) < 4.78 is 7.62. The van der Waals surface area contributed by atoms with Crippen LogP contribution < -0.4 is 10.1 Å². The molecule has 4 fully saturated rings. The number of benzene rings is 1. The molecule has 0 radical (unpaired) electrons. The van der Waals surface area contributed by atoms with E-state index in [-0.39, 0.29) is 5.91 Å². The molecule has 0 spiro atoms. The van der Waals surface area contributed by atoms with Crippen LogP contribution >= 0.6 is 11.8 Å². The van der Waals surface area contributed by atoms with Crippen LogP contribution in [-0.2, 0) is 17.8 Å². The second kappa shape index (κ2) is 9.53. The van der Waals surface area contributed by atoms with Crippen molar-refractivity contribution >= 4 is 23.4 Å². The van der Waals surface area contributed by atoms with E-state index >= 15 is 0 Å². The second-order valence-corrected chi connectivity index (χ2v) is 11.1. The Kier molecular flexibility index (Phi) is 6.50. The van der Waals surface area contributed by atoms with Gasteiger partial charge in [-0.25, -0.2) is 0 Å². The number of carbonyl (C=O) groups excluding carboxylic acids is 1. The van der Waals surface area contributed by atoms with E-state index in [0.717, 1.165) is 46.6 Å². The number of hydrogen-bond acceptors (Lipinski definition) is 5. The molecule has 33 heavy (non-hydrogen) atoms. The summed E-state index contributed by atoms with van der Waals surface area (Å²) in [6.07, 6.45) is 11.3. The van der Waals surface area contributed by atoms with Crippen molar-refractivity contribution in [1.29, 1.82) is 0 Å². The number of hydrogen-bond donors (Lipinski definition) is 1. The predicted octanol–water partition coefficient (Wildman–Crippen LogP) is 5.35. The molecule has 6 nitrogen and oxygen atoms in total. The monoisotopic (exact) mass is 466 g/mol. The number of nitrogens with zero attached hydrogens (tertiary/aromatic N) is 3. The first-order valence-electron chi connectivity index (χ1n) is 12.2. The van der Waals surface area contributed by atoms with E-state index in [1.807, 2.05) is 37.3 Å². The molecule has 176 valence electrons. The van der Waals surface area contributed by atoms with E-state index in [2.05, 4.69) is 26.7 Å². The number of rotatable bonds is 10. The average molecular weight is 467 g/mol. The molecule has 1 amide bonds. The summed E-state index contributed by atoms with van der Waals surface area (Å²) in [4.78, 5) is 12.5. The van der Waals surface area contributed by atoms with Crippen LogP contribution in [0.5, 0.6) is 5.75 Å². The van der Waals surface area contributed by atoms with Crippen LogP contribution in [0.4, 0.5) is 5.69 Å². The molecule has 0 atom stereocenters. The number of thioether (sulfide) groups is 1. The number of allylic oxidation sites excluding steroid dienone is 1. The molecule has 1 N–H and O–H groups in total. The lowest BCUT2D eigenvalue weighted by molar-refractivity contribution is -0.113. The van der Waals surface area contributed by atoms with Crippen molar-refractivity contribution in [2.24, 2.45) is 23.2 Å². The molecule has 0 unspecified atom stereocenters. The van der Waals surface area contributed by atoms with E-state index in [9.17, 15) is 4.79 Å². The summed E-state index contributed by atoms with van der Waals surface area (Å²) in [5.74, 6) is 4.87. The lowest BCUT2D eigenvalue weighted by atomic mass is 9.49. The topological polar surface area (TPSA) is 69.0 Å². The molecular formula is C26H34N4O2S. The molecule has 2 aromatic rings. The first-order valence-corrected chi connectivity index (χ1v) is 13.2. The number of anilines is 1. The quantitative estimate of drug-likeness (QED) is 0.377. The molecule has 7 heteroatoms. The van der Waals surface area contributed by atoms with E-state index in [4.69, 9.17) is 4.74 Å².